The summed E-state index contributed by atoms with van der Waals surface area (Å²) in [6.45, 7) is 3.90. The normalized spacial score (nSPS) is 12.1. The topological polar surface area (TPSA) is 94.9 Å². The van der Waals surface area contributed by atoms with Crippen LogP contribution in [0.25, 0.3) is 0 Å². The lowest BCUT2D eigenvalue weighted by atomic mass is 10.1. The van der Waals surface area contributed by atoms with Gasteiger partial charge in [-0.05, 0) is 18.9 Å². The van der Waals surface area contributed by atoms with Crippen molar-refractivity contribution >= 4 is 29.2 Å². The Kier molecular flexibility index (Phi) is 4.80. The van der Waals surface area contributed by atoms with E-state index in [4.69, 9.17) is 11.5 Å². The third kappa shape index (κ3) is 3.95. The molecule has 1 unspecified atom stereocenters. The van der Waals surface area contributed by atoms with Crippen LogP contribution in [0.4, 0.5) is 11.6 Å². The van der Waals surface area contributed by atoms with Crippen LogP contribution >= 0.6 is 11.8 Å². The highest BCUT2D eigenvalue weighted by molar-refractivity contribution is 8.00. The quantitative estimate of drug-likeness (QED) is 0.501. The van der Waals surface area contributed by atoms with Crippen molar-refractivity contribution in [2.24, 2.45) is 0 Å². The number of aromatic nitrogens is 2. The minimum atomic E-state index is -0.307. The lowest BCUT2D eigenvalue weighted by molar-refractivity contribution is 0.0994. The fourth-order valence-corrected chi connectivity index (χ4v) is 2.74. The van der Waals surface area contributed by atoms with E-state index in [1.165, 1.54) is 23.4 Å². The Morgan fingerprint density at radius 3 is 2.29 bits per heavy atom. The number of ketones is 1. The van der Waals surface area contributed by atoms with Crippen molar-refractivity contribution in [1.82, 2.24) is 9.97 Å². The summed E-state index contributed by atoms with van der Waals surface area (Å²) in [5.74, 6) is 0.640. The molecule has 1 aromatic carbocycles. The van der Waals surface area contributed by atoms with Gasteiger partial charge >= 0.3 is 0 Å². The smallest absolute Gasteiger partial charge is 0.192 e. The van der Waals surface area contributed by atoms with Crippen LogP contribution in [0.3, 0.4) is 0 Å². The summed E-state index contributed by atoms with van der Waals surface area (Å²) in [5, 5.41) is 0.109. The van der Waals surface area contributed by atoms with Crippen LogP contribution in [0.5, 0.6) is 0 Å². The number of carbonyl (C=O) groups excluding carboxylic acids is 1. The molecule has 0 saturated carbocycles. The molecule has 2 rings (SSSR count). The molecule has 5 nitrogen and oxygen atoms in total. The molecule has 2 aromatic rings. The summed E-state index contributed by atoms with van der Waals surface area (Å²) in [4.78, 5) is 20.5. The maximum Gasteiger partial charge on any atom is 0.192 e. The molecule has 0 bridgehead atoms. The van der Waals surface area contributed by atoms with Crippen LogP contribution in [-0.4, -0.2) is 21.0 Å². The third-order valence-corrected chi connectivity index (χ3v) is 4.00. The van der Waals surface area contributed by atoms with Crippen LogP contribution in [0.1, 0.15) is 29.8 Å². The average molecular weight is 302 g/mol. The first-order valence-corrected chi connectivity index (χ1v) is 7.57. The van der Waals surface area contributed by atoms with Crippen molar-refractivity contribution in [3.8, 4) is 0 Å². The number of nitrogens with zero attached hydrogens (tertiary/aromatic N) is 2. The van der Waals surface area contributed by atoms with Gasteiger partial charge in [0.05, 0.1) is 5.25 Å². The maximum atomic E-state index is 12.4. The minimum absolute atomic E-state index is 0.0345. The molecule has 0 aliphatic carbocycles. The van der Waals surface area contributed by atoms with Gasteiger partial charge in [-0.1, -0.05) is 43.0 Å². The number of aryl methyl sites for hydroxylation is 1. The van der Waals surface area contributed by atoms with Gasteiger partial charge in [0.2, 0.25) is 0 Å². The number of carbonyl (C=O) groups is 1. The zero-order valence-electron chi connectivity index (χ0n) is 12.0. The molecule has 1 heterocycles. The van der Waals surface area contributed by atoms with E-state index in [9.17, 15) is 4.79 Å². The number of anilines is 2. The molecule has 6 heteroatoms. The predicted molar refractivity (Wildman–Crippen MR) is 86.3 cm³/mol. The van der Waals surface area contributed by atoms with Gasteiger partial charge in [-0.15, -0.1) is 0 Å². The standard InChI is InChI=1S/C15H18N4OS/c1-3-10-4-6-11(7-5-10)14(20)9(2)21-15-18-12(16)8-13(17)19-15/h4-9H,3H2,1-2H3,(H4,16,17,18,19). The Balaban J connectivity index is 2.11. The summed E-state index contributed by atoms with van der Waals surface area (Å²) < 4.78 is 0. The second-order valence-corrected chi connectivity index (χ2v) is 5.98. The van der Waals surface area contributed by atoms with Crippen molar-refractivity contribution < 1.29 is 4.79 Å². The molecule has 1 aromatic heterocycles. The van der Waals surface area contributed by atoms with Gasteiger partial charge in [-0.3, -0.25) is 4.79 Å². The molecule has 0 fully saturated rings. The predicted octanol–water partition coefficient (Wildman–Crippen LogP) is 2.57. The number of thioether (sulfide) groups is 1. The first kappa shape index (κ1) is 15.3. The zero-order chi connectivity index (χ0) is 15.4. The fourth-order valence-electron chi connectivity index (χ4n) is 1.87. The number of benzene rings is 1. The highest BCUT2D eigenvalue weighted by atomic mass is 32.2. The molecule has 0 spiro atoms. The second kappa shape index (κ2) is 6.58. The van der Waals surface area contributed by atoms with E-state index < -0.39 is 0 Å². The van der Waals surface area contributed by atoms with Gasteiger partial charge in [0.25, 0.3) is 0 Å². The van der Waals surface area contributed by atoms with Gasteiger partial charge in [-0.2, -0.15) is 0 Å². The van der Waals surface area contributed by atoms with Crippen LogP contribution in [0.2, 0.25) is 0 Å². The minimum Gasteiger partial charge on any atom is -0.383 e. The van der Waals surface area contributed by atoms with Crippen LogP contribution in [0, 0.1) is 0 Å². The average Bonchev–Trinajstić information content (AvgIpc) is 2.45. The Morgan fingerprint density at radius 1 is 1.19 bits per heavy atom. The zero-order valence-corrected chi connectivity index (χ0v) is 12.9. The molecular formula is C15H18N4OS. The first-order valence-electron chi connectivity index (χ1n) is 6.69. The molecule has 0 radical (unpaired) electrons. The number of hydrogen-bond donors (Lipinski definition) is 2. The Morgan fingerprint density at radius 2 is 1.76 bits per heavy atom. The lowest BCUT2D eigenvalue weighted by Crippen LogP contribution is -2.14. The highest BCUT2D eigenvalue weighted by Crippen LogP contribution is 2.24. The SMILES string of the molecule is CCc1ccc(C(=O)C(C)Sc2nc(N)cc(N)n2)cc1. The summed E-state index contributed by atoms with van der Waals surface area (Å²) in [7, 11) is 0. The van der Waals surface area contributed by atoms with E-state index in [0.717, 1.165) is 6.42 Å². The molecular weight excluding hydrogens is 284 g/mol. The maximum absolute atomic E-state index is 12.4. The number of nitrogens with two attached hydrogens (primary N) is 2. The van der Waals surface area contributed by atoms with E-state index in [2.05, 4.69) is 16.9 Å². The first-order chi connectivity index (χ1) is 9.99. The van der Waals surface area contributed by atoms with Crippen molar-refractivity contribution in [2.45, 2.75) is 30.7 Å². The van der Waals surface area contributed by atoms with E-state index in [-0.39, 0.29) is 11.0 Å². The Bertz CT molecular complexity index is 622. The summed E-state index contributed by atoms with van der Waals surface area (Å²) in [5.41, 5.74) is 13.1. The van der Waals surface area contributed by atoms with Crippen LogP contribution < -0.4 is 11.5 Å². The highest BCUT2D eigenvalue weighted by Gasteiger charge is 2.18. The number of hydrogen-bond acceptors (Lipinski definition) is 6. The molecule has 4 N–H and O–H groups in total. The Hall–Kier alpha value is -2.08. The summed E-state index contributed by atoms with van der Waals surface area (Å²) >= 11 is 1.25. The lowest BCUT2D eigenvalue weighted by Gasteiger charge is -2.10. The molecule has 0 amide bonds. The van der Waals surface area contributed by atoms with Crippen molar-refractivity contribution in [1.29, 1.82) is 0 Å². The van der Waals surface area contributed by atoms with Crippen molar-refractivity contribution in [3.05, 3.63) is 41.5 Å². The van der Waals surface area contributed by atoms with Crippen molar-refractivity contribution in [2.75, 3.05) is 11.5 Å². The van der Waals surface area contributed by atoms with Gasteiger partial charge < -0.3 is 11.5 Å². The summed E-state index contributed by atoms with van der Waals surface area (Å²) in [6.07, 6.45) is 0.954. The van der Waals surface area contributed by atoms with E-state index in [1.807, 2.05) is 31.2 Å². The molecule has 0 aliphatic rings. The van der Waals surface area contributed by atoms with Gasteiger partial charge in [0.1, 0.15) is 11.6 Å². The molecule has 21 heavy (non-hydrogen) atoms. The molecule has 110 valence electrons. The van der Waals surface area contributed by atoms with Crippen molar-refractivity contribution in [3.63, 3.8) is 0 Å². The summed E-state index contributed by atoms with van der Waals surface area (Å²) in [6, 6.07) is 9.14. The molecule has 0 saturated heterocycles. The van der Waals surface area contributed by atoms with E-state index in [1.54, 1.807) is 0 Å². The molecule has 0 aliphatic heterocycles. The molecule has 1 atom stereocenters. The van der Waals surface area contributed by atoms with Gasteiger partial charge in [0.15, 0.2) is 10.9 Å². The van der Waals surface area contributed by atoms with E-state index >= 15 is 0 Å². The van der Waals surface area contributed by atoms with Crippen LogP contribution in [-0.2, 0) is 6.42 Å². The monoisotopic (exact) mass is 302 g/mol. The fraction of sp³-hybridized carbons (Fsp3) is 0.267. The number of nitrogen functional groups attached to an aromatic ring is 2. The Labute approximate surface area is 128 Å². The third-order valence-electron chi connectivity index (χ3n) is 3.04. The largest absolute Gasteiger partial charge is 0.383 e. The van der Waals surface area contributed by atoms with E-state index in [0.29, 0.717) is 22.4 Å². The van der Waals surface area contributed by atoms with Gasteiger partial charge in [-0.25, -0.2) is 9.97 Å². The second-order valence-electron chi connectivity index (χ2n) is 4.68. The van der Waals surface area contributed by atoms with Crippen LogP contribution in [0.15, 0.2) is 35.5 Å². The van der Waals surface area contributed by atoms with Gasteiger partial charge in [0, 0.05) is 11.6 Å². The number of rotatable bonds is 5. The number of Topliss-reactive ketones (excluding diaryl/α,β-unsaturated/α-hetero) is 1.